The normalized spacial score (nSPS) is 26.2. The second-order valence-electron chi connectivity index (χ2n) is 7.24. The smallest absolute Gasteiger partial charge is 0.262 e. The van der Waals surface area contributed by atoms with Crippen LogP contribution in [0.4, 0.5) is 14.5 Å². The Balaban J connectivity index is 1.70. The Morgan fingerprint density at radius 3 is 2.83 bits per heavy atom. The number of halogens is 2. The van der Waals surface area contributed by atoms with Crippen molar-refractivity contribution < 1.29 is 18.7 Å². The topological polar surface area (TPSA) is 52.6 Å². The van der Waals surface area contributed by atoms with Crippen LogP contribution in [0.3, 0.4) is 0 Å². The van der Waals surface area contributed by atoms with Gasteiger partial charge in [-0.05, 0) is 49.8 Å². The fourth-order valence-electron chi connectivity index (χ4n) is 3.86. The maximum Gasteiger partial charge on any atom is 0.262 e. The predicted octanol–water partition coefficient (Wildman–Crippen LogP) is 2.60. The average molecular weight is 338 g/mol. The molecule has 1 saturated heterocycles. The first-order valence-corrected chi connectivity index (χ1v) is 8.47. The van der Waals surface area contributed by atoms with Gasteiger partial charge in [0.2, 0.25) is 5.91 Å². The minimum Gasteiger partial charge on any atom is -0.394 e. The van der Waals surface area contributed by atoms with Crippen molar-refractivity contribution in [3.05, 3.63) is 29.3 Å². The number of amides is 1. The molecule has 2 aliphatic rings. The third-order valence-corrected chi connectivity index (χ3v) is 5.17. The molecule has 0 aromatic heterocycles. The first-order chi connectivity index (χ1) is 11.3. The average Bonchev–Trinajstić information content (AvgIpc) is 2.77. The van der Waals surface area contributed by atoms with Crippen molar-refractivity contribution >= 4 is 11.6 Å². The largest absolute Gasteiger partial charge is 0.394 e. The summed E-state index contributed by atoms with van der Waals surface area (Å²) in [5.41, 5.74) is 2.14. The molecule has 1 aromatic carbocycles. The standard InChI is InChI=1S/C18H24F2N2O2/c1-17(12-23)10-18(19,20)11-22(17)9-16(24)21-15-8-4-6-13-5-2-3-7-14(13)15/h4,6,8,23H,2-3,5,7,9-12H2,1H3,(H,21,24). The van der Waals surface area contributed by atoms with Gasteiger partial charge in [0.15, 0.2) is 0 Å². The number of likely N-dealkylation sites (tertiary alicyclic amines) is 1. The van der Waals surface area contributed by atoms with E-state index in [0.29, 0.717) is 0 Å². The Morgan fingerprint density at radius 2 is 2.08 bits per heavy atom. The molecule has 0 radical (unpaired) electrons. The van der Waals surface area contributed by atoms with Gasteiger partial charge in [0, 0.05) is 17.6 Å². The van der Waals surface area contributed by atoms with Crippen molar-refractivity contribution in [2.24, 2.45) is 0 Å². The quantitative estimate of drug-likeness (QED) is 0.887. The van der Waals surface area contributed by atoms with E-state index in [9.17, 15) is 18.7 Å². The van der Waals surface area contributed by atoms with Crippen molar-refractivity contribution in [1.82, 2.24) is 4.90 Å². The molecular weight excluding hydrogens is 314 g/mol. The number of alkyl halides is 2. The number of hydrogen-bond acceptors (Lipinski definition) is 3. The molecule has 2 N–H and O–H groups in total. The van der Waals surface area contributed by atoms with E-state index in [1.54, 1.807) is 6.92 Å². The van der Waals surface area contributed by atoms with Crippen LogP contribution in [0.2, 0.25) is 0 Å². The number of nitrogens with one attached hydrogen (secondary N) is 1. The molecule has 1 fully saturated rings. The van der Waals surface area contributed by atoms with Crippen LogP contribution in [-0.2, 0) is 17.6 Å². The van der Waals surface area contributed by atoms with Gasteiger partial charge in [-0.15, -0.1) is 0 Å². The molecule has 3 rings (SSSR count). The summed E-state index contributed by atoms with van der Waals surface area (Å²) in [6, 6.07) is 5.86. The van der Waals surface area contributed by atoms with Crippen molar-refractivity contribution in [1.29, 1.82) is 0 Å². The maximum atomic E-state index is 13.7. The number of aryl methyl sites for hydroxylation is 1. The summed E-state index contributed by atoms with van der Waals surface area (Å²) in [7, 11) is 0. The van der Waals surface area contributed by atoms with E-state index < -0.39 is 31.0 Å². The summed E-state index contributed by atoms with van der Waals surface area (Å²) in [5.74, 6) is -3.18. The van der Waals surface area contributed by atoms with Crippen LogP contribution in [0.25, 0.3) is 0 Å². The minimum atomic E-state index is -2.87. The highest BCUT2D eigenvalue weighted by atomic mass is 19.3. The molecule has 1 amide bonds. The molecule has 1 unspecified atom stereocenters. The Hall–Kier alpha value is -1.53. The molecule has 1 heterocycles. The van der Waals surface area contributed by atoms with Crippen LogP contribution in [0, 0.1) is 0 Å². The fourth-order valence-corrected chi connectivity index (χ4v) is 3.86. The Morgan fingerprint density at radius 1 is 1.33 bits per heavy atom. The molecule has 1 aliphatic carbocycles. The zero-order valence-electron chi connectivity index (χ0n) is 13.9. The van der Waals surface area contributed by atoms with Crippen LogP contribution in [0.5, 0.6) is 0 Å². The van der Waals surface area contributed by atoms with E-state index in [-0.39, 0.29) is 12.5 Å². The fraction of sp³-hybridized carbons (Fsp3) is 0.611. The molecule has 0 bridgehead atoms. The number of rotatable bonds is 4. The number of anilines is 1. The van der Waals surface area contributed by atoms with Gasteiger partial charge in [-0.3, -0.25) is 9.69 Å². The van der Waals surface area contributed by atoms with Gasteiger partial charge in [-0.25, -0.2) is 8.78 Å². The highest BCUT2D eigenvalue weighted by molar-refractivity contribution is 5.93. The number of nitrogens with zero attached hydrogens (tertiary/aromatic N) is 1. The van der Waals surface area contributed by atoms with Crippen molar-refractivity contribution in [2.45, 2.75) is 50.5 Å². The zero-order valence-corrected chi connectivity index (χ0v) is 13.9. The van der Waals surface area contributed by atoms with Crippen LogP contribution in [0.15, 0.2) is 18.2 Å². The van der Waals surface area contributed by atoms with Crippen LogP contribution in [0.1, 0.15) is 37.3 Å². The minimum absolute atomic E-state index is 0.143. The lowest BCUT2D eigenvalue weighted by Gasteiger charge is -2.32. The summed E-state index contributed by atoms with van der Waals surface area (Å²) in [6.45, 7) is 0.545. The lowest BCUT2D eigenvalue weighted by molar-refractivity contribution is -0.118. The van der Waals surface area contributed by atoms with Crippen molar-refractivity contribution in [3.63, 3.8) is 0 Å². The van der Waals surface area contributed by atoms with Crippen LogP contribution < -0.4 is 5.32 Å². The molecule has 1 aliphatic heterocycles. The molecule has 4 nitrogen and oxygen atoms in total. The van der Waals surface area contributed by atoms with Gasteiger partial charge < -0.3 is 10.4 Å². The molecule has 0 saturated carbocycles. The van der Waals surface area contributed by atoms with Gasteiger partial charge in [-0.2, -0.15) is 0 Å². The third kappa shape index (κ3) is 3.44. The third-order valence-electron chi connectivity index (χ3n) is 5.17. The summed E-state index contributed by atoms with van der Waals surface area (Å²) >= 11 is 0. The van der Waals surface area contributed by atoms with E-state index in [1.807, 2.05) is 12.1 Å². The highest BCUT2D eigenvalue weighted by Gasteiger charge is 2.52. The molecule has 0 spiro atoms. The van der Waals surface area contributed by atoms with Crippen molar-refractivity contribution in [2.75, 3.05) is 25.0 Å². The molecule has 1 aromatic rings. The number of aliphatic hydroxyl groups excluding tert-OH is 1. The molecular formula is C18H24F2N2O2. The lowest BCUT2D eigenvalue weighted by atomic mass is 9.90. The van der Waals surface area contributed by atoms with E-state index in [4.69, 9.17) is 0 Å². The summed E-state index contributed by atoms with van der Waals surface area (Å²) in [6.07, 6.45) is 3.77. The van der Waals surface area contributed by atoms with Crippen molar-refractivity contribution in [3.8, 4) is 0 Å². The van der Waals surface area contributed by atoms with Gasteiger partial charge in [0.1, 0.15) is 0 Å². The Kier molecular flexibility index (Phi) is 4.62. The molecule has 24 heavy (non-hydrogen) atoms. The number of aliphatic hydroxyl groups is 1. The first kappa shape index (κ1) is 17.3. The lowest BCUT2D eigenvalue weighted by Crippen LogP contribution is -2.47. The summed E-state index contributed by atoms with van der Waals surface area (Å²) in [4.78, 5) is 13.8. The van der Waals surface area contributed by atoms with Gasteiger partial charge in [0.05, 0.1) is 19.7 Å². The second-order valence-corrected chi connectivity index (χ2v) is 7.24. The van der Waals surface area contributed by atoms with Gasteiger partial charge in [-0.1, -0.05) is 12.1 Å². The zero-order chi connectivity index (χ0) is 17.4. The Bertz CT molecular complexity index is 635. The summed E-state index contributed by atoms with van der Waals surface area (Å²) in [5, 5.41) is 12.4. The van der Waals surface area contributed by atoms with Gasteiger partial charge >= 0.3 is 0 Å². The Labute approximate surface area is 140 Å². The summed E-state index contributed by atoms with van der Waals surface area (Å²) < 4.78 is 27.4. The number of hydrogen-bond donors (Lipinski definition) is 2. The number of benzene rings is 1. The number of carbonyl (C=O) groups excluding carboxylic acids is 1. The molecule has 1 atom stereocenters. The van der Waals surface area contributed by atoms with Crippen LogP contribution in [-0.4, -0.2) is 47.1 Å². The van der Waals surface area contributed by atoms with E-state index in [2.05, 4.69) is 11.4 Å². The van der Waals surface area contributed by atoms with Crippen LogP contribution >= 0.6 is 0 Å². The van der Waals surface area contributed by atoms with E-state index >= 15 is 0 Å². The number of fused-ring (bicyclic) bond motifs is 1. The highest BCUT2D eigenvalue weighted by Crippen LogP contribution is 2.39. The maximum absolute atomic E-state index is 13.7. The monoisotopic (exact) mass is 338 g/mol. The molecule has 6 heteroatoms. The van der Waals surface area contributed by atoms with E-state index in [1.165, 1.54) is 10.5 Å². The SMILES string of the molecule is CC1(CO)CC(F)(F)CN1CC(=O)Nc1cccc2c1CCCC2. The second kappa shape index (κ2) is 6.41. The predicted molar refractivity (Wildman–Crippen MR) is 88.3 cm³/mol. The van der Waals surface area contributed by atoms with Gasteiger partial charge in [0.25, 0.3) is 5.92 Å². The molecule has 132 valence electrons. The first-order valence-electron chi connectivity index (χ1n) is 8.47. The van der Waals surface area contributed by atoms with E-state index in [0.717, 1.165) is 36.9 Å². The number of carbonyl (C=O) groups is 1.